The predicted octanol–water partition coefficient (Wildman–Crippen LogP) is 7.68. The van der Waals surface area contributed by atoms with E-state index in [4.69, 9.17) is 9.47 Å². The number of Topliss-reactive ketones (excluding diaryl/α,β-unsaturated/α-hetero) is 1. The Morgan fingerprint density at radius 1 is 1.06 bits per heavy atom. The molecule has 254 valence electrons. The van der Waals surface area contributed by atoms with Crippen molar-refractivity contribution in [2.75, 3.05) is 18.1 Å². The zero-order valence-electron chi connectivity index (χ0n) is 27.8. The van der Waals surface area contributed by atoms with E-state index in [1.54, 1.807) is 43.3 Å². The highest BCUT2D eigenvalue weighted by molar-refractivity contribution is 8.00. The van der Waals surface area contributed by atoms with Gasteiger partial charge in [0.05, 0.1) is 30.5 Å². The zero-order valence-corrected chi connectivity index (χ0v) is 29.4. The smallest absolute Gasteiger partial charge is 0.301 e. The molecule has 5 aromatic rings. The van der Waals surface area contributed by atoms with Crippen LogP contribution < -0.4 is 14.4 Å². The summed E-state index contributed by atoms with van der Waals surface area (Å²) in [5.74, 6) is -0.785. The molecule has 1 saturated heterocycles. The first-order chi connectivity index (χ1) is 23.6. The zero-order chi connectivity index (χ0) is 34.8. The average Bonchev–Trinajstić information content (AvgIpc) is 3.76. The van der Waals surface area contributed by atoms with Crippen LogP contribution in [0.5, 0.6) is 11.5 Å². The van der Waals surface area contributed by atoms with Gasteiger partial charge in [-0.15, -0.1) is 10.2 Å². The van der Waals surface area contributed by atoms with E-state index < -0.39 is 23.5 Å². The molecule has 0 saturated carbocycles. The molecule has 4 heterocycles. The maximum atomic E-state index is 14.3. The second kappa shape index (κ2) is 14.4. The number of hydrogen-bond acceptors (Lipinski definition) is 10. The van der Waals surface area contributed by atoms with Crippen molar-refractivity contribution in [2.45, 2.75) is 57.2 Å². The van der Waals surface area contributed by atoms with E-state index >= 15 is 0 Å². The number of aliphatic hydroxyl groups is 1. The van der Waals surface area contributed by atoms with Crippen molar-refractivity contribution in [1.82, 2.24) is 19.6 Å². The van der Waals surface area contributed by atoms with Crippen LogP contribution in [-0.2, 0) is 15.3 Å². The summed E-state index contributed by atoms with van der Waals surface area (Å²) < 4.78 is 28.6. The number of anilines is 1. The van der Waals surface area contributed by atoms with Gasteiger partial charge in [-0.25, -0.2) is 9.37 Å². The number of amides is 1. The minimum absolute atomic E-state index is 0.138. The van der Waals surface area contributed by atoms with Crippen LogP contribution in [0.2, 0.25) is 0 Å². The lowest BCUT2D eigenvalue weighted by atomic mass is 9.96. The topological polar surface area (TPSA) is 119 Å². The van der Waals surface area contributed by atoms with Crippen LogP contribution in [0.25, 0.3) is 11.4 Å². The molecule has 1 fully saturated rings. The highest BCUT2D eigenvalue weighted by Gasteiger charge is 2.49. The third-order valence-electron chi connectivity index (χ3n) is 8.20. The fraction of sp³-hybridized carbons (Fsp3) is 0.306. The first-order valence-electron chi connectivity index (χ1n) is 15.9. The van der Waals surface area contributed by atoms with Crippen molar-refractivity contribution >= 4 is 51.3 Å². The highest BCUT2D eigenvalue weighted by atomic mass is 32.2. The van der Waals surface area contributed by atoms with E-state index in [1.807, 2.05) is 36.6 Å². The van der Waals surface area contributed by atoms with Crippen molar-refractivity contribution in [3.05, 3.63) is 100 Å². The molecule has 1 amide bonds. The third-order valence-corrected chi connectivity index (χ3v) is 10.3. The summed E-state index contributed by atoms with van der Waals surface area (Å²) in [4.78, 5) is 33.8. The number of thioether (sulfide) groups is 1. The number of hydrogen-bond donors (Lipinski definition) is 1. The molecule has 10 nitrogen and oxygen atoms in total. The molecule has 2 aromatic carbocycles. The fourth-order valence-electron chi connectivity index (χ4n) is 5.62. The molecule has 1 N–H and O–H groups in total. The van der Waals surface area contributed by atoms with Gasteiger partial charge < -0.3 is 19.0 Å². The van der Waals surface area contributed by atoms with Gasteiger partial charge in [0.15, 0.2) is 21.6 Å². The van der Waals surface area contributed by atoms with E-state index in [0.29, 0.717) is 63.2 Å². The molecule has 0 spiro atoms. The molecule has 1 aliphatic rings. The lowest BCUT2D eigenvalue weighted by molar-refractivity contribution is -0.132. The largest absolute Gasteiger partial charge is 0.505 e. The fourth-order valence-corrected chi connectivity index (χ4v) is 7.47. The molecule has 1 unspecified atom stereocenters. The van der Waals surface area contributed by atoms with Crippen LogP contribution in [0.4, 0.5) is 9.52 Å². The molecule has 1 aliphatic heterocycles. The number of benzene rings is 2. The maximum Gasteiger partial charge on any atom is 0.301 e. The van der Waals surface area contributed by atoms with Gasteiger partial charge in [0, 0.05) is 11.9 Å². The number of carbonyl (C=O) groups excluding carboxylic acids is 2. The van der Waals surface area contributed by atoms with Crippen molar-refractivity contribution in [1.29, 1.82) is 0 Å². The van der Waals surface area contributed by atoms with E-state index in [0.717, 1.165) is 23.3 Å². The van der Waals surface area contributed by atoms with Crippen molar-refractivity contribution in [3.8, 4) is 11.5 Å². The lowest BCUT2D eigenvalue weighted by Gasteiger charge is -2.23. The molecule has 3 aromatic heterocycles. The van der Waals surface area contributed by atoms with E-state index in [-0.39, 0.29) is 22.2 Å². The van der Waals surface area contributed by atoms with Crippen molar-refractivity contribution in [2.24, 2.45) is 5.92 Å². The summed E-state index contributed by atoms with van der Waals surface area (Å²) in [7, 11) is 0. The Bertz CT molecular complexity index is 2070. The van der Waals surface area contributed by atoms with E-state index in [9.17, 15) is 19.1 Å². The molecule has 1 atom stereocenters. The van der Waals surface area contributed by atoms with Crippen LogP contribution in [-0.4, -0.2) is 49.6 Å². The Morgan fingerprint density at radius 2 is 1.86 bits per heavy atom. The van der Waals surface area contributed by atoms with E-state index in [1.165, 1.54) is 22.7 Å². The van der Waals surface area contributed by atoms with Gasteiger partial charge in [-0.3, -0.25) is 14.5 Å². The van der Waals surface area contributed by atoms with Gasteiger partial charge in [0.25, 0.3) is 5.78 Å². The van der Waals surface area contributed by atoms with Crippen molar-refractivity contribution < 1.29 is 28.6 Å². The average molecular weight is 702 g/mol. The number of nitrogens with zero attached hydrogens (tertiary/aromatic N) is 5. The van der Waals surface area contributed by atoms with Crippen LogP contribution in [0, 0.1) is 25.6 Å². The minimum Gasteiger partial charge on any atom is -0.505 e. The number of halogens is 1. The van der Waals surface area contributed by atoms with Gasteiger partial charge in [-0.2, -0.15) is 0 Å². The number of fused-ring (bicyclic) bond motifs is 1. The molecule has 0 bridgehead atoms. The number of imidazole rings is 1. The summed E-state index contributed by atoms with van der Waals surface area (Å²) in [6, 6.07) is 14.4. The second-order valence-corrected chi connectivity index (χ2v) is 14.2. The number of rotatable bonds is 12. The monoisotopic (exact) mass is 701 g/mol. The molecule has 49 heavy (non-hydrogen) atoms. The molecule has 6 rings (SSSR count). The van der Waals surface area contributed by atoms with Crippen LogP contribution in [0.3, 0.4) is 0 Å². The van der Waals surface area contributed by atoms with Crippen molar-refractivity contribution in [3.63, 3.8) is 0 Å². The SMILES string of the molecule is CCOc1cc(C2/C(=C(\O)c3nc4c(C)cccn4c3C)C(=O)C(=O)N2c2nnc(SCc3ccccc3F)s2)ccc1OCCC(C)C. The Balaban J connectivity index is 1.45. The van der Waals surface area contributed by atoms with Gasteiger partial charge >= 0.3 is 5.91 Å². The van der Waals surface area contributed by atoms with Gasteiger partial charge in [0.1, 0.15) is 17.2 Å². The number of ether oxygens (including phenoxy) is 2. The predicted molar refractivity (Wildman–Crippen MR) is 188 cm³/mol. The van der Waals surface area contributed by atoms with Gasteiger partial charge in [-0.05, 0) is 74.1 Å². The number of aryl methyl sites for hydroxylation is 2. The van der Waals surface area contributed by atoms with Crippen LogP contribution >= 0.6 is 23.1 Å². The molecular weight excluding hydrogens is 666 g/mol. The summed E-state index contributed by atoms with van der Waals surface area (Å²) in [6.45, 7) is 10.6. The number of carbonyl (C=O) groups is 2. The second-order valence-electron chi connectivity index (χ2n) is 12.0. The third kappa shape index (κ3) is 6.77. The normalized spacial score (nSPS) is 15.9. The number of aromatic nitrogens is 4. The minimum atomic E-state index is -1.09. The Labute approximate surface area is 291 Å². The summed E-state index contributed by atoms with van der Waals surface area (Å²) in [5.41, 5.74) is 3.15. The first-order valence-corrected chi connectivity index (χ1v) is 17.7. The highest BCUT2D eigenvalue weighted by Crippen LogP contribution is 2.46. The molecule has 0 radical (unpaired) electrons. The Hall–Kier alpha value is -4.75. The Morgan fingerprint density at radius 3 is 2.59 bits per heavy atom. The van der Waals surface area contributed by atoms with E-state index in [2.05, 4.69) is 29.0 Å². The lowest BCUT2D eigenvalue weighted by Crippen LogP contribution is -2.29. The standard InChI is InChI=1S/C36H36FN5O5S2/c1-6-46-27-18-23(13-14-26(27)47-17-15-20(2)3)30-28(31(43)29-22(5)41-16-9-10-21(4)33(41)38-29)32(44)34(45)42(30)35-39-40-36(49-35)48-19-24-11-7-8-12-25(24)37/h7-14,16,18,20,30,43H,6,15,17,19H2,1-5H3/b31-28+. The summed E-state index contributed by atoms with van der Waals surface area (Å²) >= 11 is 2.37. The van der Waals surface area contributed by atoms with Crippen LogP contribution in [0.15, 0.2) is 70.7 Å². The quantitative estimate of drug-likeness (QED) is 0.0459. The molecular formula is C36H36FN5O5S2. The van der Waals surface area contributed by atoms with Crippen LogP contribution in [0.1, 0.15) is 61.3 Å². The summed E-state index contributed by atoms with van der Waals surface area (Å²) in [6.07, 6.45) is 2.67. The Kier molecular flexibility index (Phi) is 10.0. The van der Waals surface area contributed by atoms with Gasteiger partial charge in [-0.1, -0.05) is 67.3 Å². The first kappa shape index (κ1) is 34.1. The number of aliphatic hydroxyl groups excluding tert-OH is 1. The van der Waals surface area contributed by atoms with Gasteiger partial charge in [0.2, 0.25) is 5.13 Å². The number of pyridine rings is 1. The molecule has 13 heteroatoms. The molecule has 0 aliphatic carbocycles. The maximum absolute atomic E-state index is 14.3. The summed E-state index contributed by atoms with van der Waals surface area (Å²) in [5, 5.41) is 20.6. The number of ketones is 1.